The van der Waals surface area contributed by atoms with Gasteiger partial charge >= 0.3 is 12.1 Å². The summed E-state index contributed by atoms with van der Waals surface area (Å²) in [6.45, 7) is 6.79. The minimum atomic E-state index is -5.65. The average Bonchev–Trinajstić information content (AvgIpc) is 2.43. The maximum absolute atomic E-state index is 14.5. The zero-order valence-electron chi connectivity index (χ0n) is 14.2. The summed E-state index contributed by atoms with van der Waals surface area (Å²) in [5.41, 5.74) is -2.56. The smallest absolute Gasteiger partial charge is 0.353 e. The Morgan fingerprint density at radius 2 is 1.70 bits per heavy atom. The van der Waals surface area contributed by atoms with Gasteiger partial charge in [0, 0.05) is 6.61 Å². The lowest BCUT2D eigenvalue weighted by molar-refractivity contribution is -0.388. The van der Waals surface area contributed by atoms with Crippen LogP contribution < -0.4 is 0 Å². The maximum atomic E-state index is 14.5. The van der Waals surface area contributed by atoms with Gasteiger partial charge in [-0.15, -0.1) is 0 Å². The number of hydrogen-bond acceptors (Lipinski definition) is 2. The van der Waals surface area contributed by atoms with Crippen molar-refractivity contribution in [2.45, 2.75) is 83.8 Å². The first-order valence-corrected chi connectivity index (χ1v) is 8.23. The van der Waals surface area contributed by atoms with Crippen molar-refractivity contribution in [3.05, 3.63) is 0 Å². The molecule has 1 aliphatic carbocycles. The van der Waals surface area contributed by atoms with Crippen molar-refractivity contribution in [3.8, 4) is 0 Å². The highest BCUT2D eigenvalue weighted by molar-refractivity contribution is 5.06. The Morgan fingerprint density at radius 3 is 2.17 bits per heavy atom. The van der Waals surface area contributed by atoms with Crippen molar-refractivity contribution in [3.63, 3.8) is 0 Å². The van der Waals surface area contributed by atoms with E-state index >= 15 is 0 Å². The van der Waals surface area contributed by atoms with Crippen LogP contribution in [0.1, 0.15) is 59.8 Å². The lowest BCUT2D eigenvalue weighted by Crippen LogP contribution is -2.65. The van der Waals surface area contributed by atoms with E-state index in [0.717, 1.165) is 0 Å². The summed E-state index contributed by atoms with van der Waals surface area (Å²) in [5.74, 6) is -6.14. The molecule has 0 N–H and O–H groups in total. The van der Waals surface area contributed by atoms with Crippen LogP contribution in [0.2, 0.25) is 0 Å². The largest absolute Gasteiger partial charge is 0.456 e. The van der Waals surface area contributed by atoms with Gasteiger partial charge in [0.1, 0.15) is 5.60 Å². The van der Waals surface area contributed by atoms with E-state index in [1.54, 1.807) is 13.8 Å². The van der Waals surface area contributed by atoms with Crippen LogP contribution in [0.3, 0.4) is 0 Å². The second-order valence-electron chi connectivity index (χ2n) is 6.61. The predicted molar refractivity (Wildman–Crippen MR) is 77.3 cm³/mol. The Bertz CT molecular complexity index is 370. The van der Waals surface area contributed by atoms with Crippen molar-refractivity contribution < 1.29 is 31.4 Å². The standard InChI is InChI=1S/C16H27F5O2/c1-5-10-22-12(4)23-14(15(17,18)16(19,20)21)9-7-6-8-13(14)11(2)3/h11-13H,5-10H2,1-4H3. The normalized spacial score (nSPS) is 28.2. The third-order valence-corrected chi connectivity index (χ3v) is 4.54. The molecular weight excluding hydrogens is 319 g/mol. The van der Waals surface area contributed by atoms with Gasteiger partial charge in [0.2, 0.25) is 0 Å². The van der Waals surface area contributed by atoms with E-state index < -0.39 is 29.9 Å². The fourth-order valence-electron chi connectivity index (χ4n) is 3.51. The Labute approximate surface area is 134 Å². The quantitative estimate of drug-likeness (QED) is 0.444. The molecule has 3 unspecified atom stereocenters. The lowest BCUT2D eigenvalue weighted by atomic mass is 9.66. The topological polar surface area (TPSA) is 18.5 Å². The predicted octanol–water partition coefficient (Wildman–Crippen LogP) is 5.56. The monoisotopic (exact) mass is 346 g/mol. The number of ether oxygens (including phenoxy) is 2. The van der Waals surface area contributed by atoms with Gasteiger partial charge in [0.25, 0.3) is 0 Å². The molecule has 0 amide bonds. The molecule has 1 saturated carbocycles. The minimum Gasteiger partial charge on any atom is -0.353 e. The second-order valence-corrected chi connectivity index (χ2v) is 6.61. The first-order chi connectivity index (χ1) is 10.5. The summed E-state index contributed by atoms with van der Waals surface area (Å²) in [6, 6.07) is 0. The Morgan fingerprint density at radius 1 is 1.09 bits per heavy atom. The molecule has 1 rings (SSSR count). The molecule has 0 bridgehead atoms. The summed E-state index contributed by atoms with van der Waals surface area (Å²) in [5, 5.41) is 0. The van der Waals surface area contributed by atoms with Crippen LogP contribution in [-0.2, 0) is 9.47 Å². The third kappa shape index (κ3) is 4.16. The lowest BCUT2D eigenvalue weighted by Gasteiger charge is -2.50. The number of halogens is 5. The molecule has 3 atom stereocenters. The molecule has 138 valence electrons. The van der Waals surface area contributed by atoms with Gasteiger partial charge in [0.05, 0.1) is 0 Å². The van der Waals surface area contributed by atoms with Crippen molar-refractivity contribution in [1.82, 2.24) is 0 Å². The molecule has 1 fully saturated rings. The van der Waals surface area contributed by atoms with Gasteiger partial charge in [-0.3, -0.25) is 0 Å². The molecule has 0 heterocycles. The fourth-order valence-corrected chi connectivity index (χ4v) is 3.51. The van der Waals surface area contributed by atoms with Crippen molar-refractivity contribution >= 4 is 0 Å². The zero-order chi connectivity index (χ0) is 17.9. The van der Waals surface area contributed by atoms with Crippen LogP contribution in [0.4, 0.5) is 22.0 Å². The molecule has 2 nitrogen and oxygen atoms in total. The van der Waals surface area contributed by atoms with E-state index in [1.165, 1.54) is 6.92 Å². The molecule has 0 spiro atoms. The van der Waals surface area contributed by atoms with Gasteiger partial charge in [0.15, 0.2) is 6.29 Å². The highest BCUT2D eigenvalue weighted by Crippen LogP contribution is 2.56. The minimum absolute atomic E-state index is 0.251. The molecule has 1 aliphatic rings. The van der Waals surface area contributed by atoms with Crippen molar-refractivity contribution in [2.75, 3.05) is 6.61 Å². The van der Waals surface area contributed by atoms with Crippen molar-refractivity contribution in [2.24, 2.45) is 11.8 Å². The fraction of sp³-hybridized carbons (Fsp3) is 1.00. The van der Waals surface area contributed by atoms with Gasteiger partial charge in [-0.1, -0.05) is 33.6 Å². The van der Waals surface area contributed by atoms with E-state index in [4.69, 9.17) is 9.47 Å². The first-order valence-electron chi connectivity index (χ1n) is 8.23. The molecule has 7 heteroatoms. The van der Waals surface area contributed by atoms with Crippen LogP contribution >= 0.6 is 0 Å². The van der Waals surface area contributed by atoms with Crippen LogP contribution in [0.15, 0.2) is 0 Å². The van der Waals surface area contributed by atoms with E-state index in [1.807, 2.05) is 6.92 Å². The van der Waals surface area contributed by atoms with Crippen molar-refractivity contribution in [1.29, 1.82) is 0 Å². The number of alkyl halides is 5. The van der Waals surface area contributed by atoms with E-state index in [2.05, 4.69) is 0 Å². The van der Waals surface area contributed by atoms with Crippen LogP contribution in [0.5, 0.6) is 0 Å². The maximum Gasteiger partial charge on any atom is 0.456 e. The van der Waals surface area contributed by atoms with Gasteiger partial charge in [-0.05, 0) is 38.0 Å². The zero-order valence-corrected chi connectivity index (χ0v) is 14.2. The van der Waals surface area contributed by atoms with E-state index in [0.29, 0.717) is 19.3 Å². The van der Waals surface area contributed by atoms with Gasteiger partial charge in [-0.25, -0.2) is 0 Å². The Balaban J connectivity index is 3.23. The summed E-state index contributed by atoms with van der Waals surface area (Å²) >= 11 is 0. The molecular formula is C16H27F5O2. The molecule has 0 aliphatic heterocycles. The third-order valence-electron chi connectivity index (χ3n) is 4.54. The molecule has 0 aromatic heterocycles. The highest BCUT2D eigenvalue weighted by atomic mass is 19.4. The first kappa shape index (κ1) is 20.6. The Kier molecular flexibility index (Phi) is 6.84. The SMILES string of the molecule is CCCOC(C)OC1(C(F)(F)C(F)(F)F)CCCCC1C(C)C. The molecule has 0 aromatic carbocycles. The summed E-state index contributed by atoms with van der Waals surface area (Å²) in [4.78, 5) is 0. The summed E-state index contributed by atoms with van der Waals surface area (Å²) in [6.07, 6.45) is -5.23. The average molecular weight is 346 g/mol. The van der Waals surface area contributed by atoms with Gasteiger partial charge in [-0.2, -0.15) is 22.0 Å². The van der Waals surface area contributed by atoms with Crippen LogP contribution in [-0.4, -0.2) is 30.6 Å². The summed E-state index contributed by atoms with van der Waals surface area (Å²) in [7, 11) is 0. The van der Waals surface area contributed by atoms with Crippen LogP contribution in [0, 0.1) is 11.8 Å². The second kappa shape index (κ2) is 7.64. The molecule has 0 saturated heterocycles. The van der Waals surface area contributed by atoms with Gasteiger partial charge < -0.3 is 9.47 Å². The molecule has 0 aromatic rings. The highest BCUT2D eigenvalue weighted by Gasteiger charge is 2.73. The Hall–Kier alpha value is -0.430. The summed E-state index contributed by atoms with van der Waals surface area (Å²) < 4.78 is 78.9. The number of rotatable bonds is 7. The van der Waals surface area contributed by atoms with Crippen LogP contribution in [0.25, 0.3) is 0 Å². The van der Waals surface area contributed by atoms with E-state index in [-0.39, 0.29) is 25.4 Å². The molecule has 0 radical (unpaired) electrons. The molecule has 23 heavy (non-hydrogen) atoms. The number of hydrogen-bond donors (Lipinski definition) is 0. The van der Waals surface area contributed by atoms with E-state index in [9.17, 15) is 22.0 Å².